The van der Waals surface area contributed by atoms with Crippen LogP contribution in [0.2, 0.25) is 0 Å². The second-order valence-corrected chi connectivity index (χ2v) is 6.29. The van der Waals surface area contributed by atoms with E-state index in [1.165, 1.54) is 37.7 Å². The Hall–Kier alpha value is -1.64. The lowest BCUT2D eigenvalue weighted by Crippen LogP contribution is -2.18. The van der Waals surface area contributed by atoms with Crippen LogP contribution in [0.3, 0.4) is 0 Å². The van der Waals surface area contributed by atoms with Gasteiger partial charge in [-0.2, -0.15) is 5.10 Å². The molecular formula is C19H28N2O. The standard InChI is InChI=1S/C19H28N2O/c1-3-4-10-19(22)21-20-15(2)16-11-13-18(14-12-16)17-8-6-5-7-9-17/h11-14,17H,3-10H2,1-2H3,(H,21,22)/b20-15+. The molecule has 22 heavy (non-hydrogen) atoms. The van der Waals surface area contributed by atoms with Gasteiger partial charge in [-0.3, -0.25) is 4.79 Å². The first-order chi connectivity index (χ1) is 10.7. The number of carbonyl (C=O) groups is 1. The van der Waals surface area contributed by atoms with Gasteiger partial charge in [0, 0.05) is 6.42 Å². The van der Waals surface area contributed by atoms with Gasteiger partial charge >= 0.3 is 0 Å². The van der Waals surface area contributed by atoms with Crippen molar-refractivity contribution in [2.24, 2.45) is 5.10 Å². The van der Waals surface area contributed by atoms with Crippen molar-refractivity contribution < 1.29 is 4.79 Å². The van der Waals surface area contributed by atoms with Crippen molar-refractivity contribution in [2.45, 2.75) is 71.1 Å². The van der Waals surface area contributed by atoms with Crippen molar-refractivity contribution in [3.63, 3.8) is 0 Å². The van der Waals surface area contributed by atoms with Gasteiger partial charge in [0.05, 0.1) is 5.71 Å². The molecule has 1 saturated carbocycles. The first kappa shape index (κ1) is 16.7. The van der Waals surface area contributed by atoms with Gasteiger partial charge in [-0.1, -0.05) is 56.9 Å². The van der Waals surface area contributed by atoms with Crippen LogP contribution in [0, 0.1) is 0 Å². The van der Waals surface area contributed by atoms with Crippen molar-refractivity contribution in [2.75, 3.05) is 0 Å². The molecular weight excluding hydrogens is 272 g/mol. The molecule has 0 radical (unpaired) electrons. The normalized spacial score (nSPS) is 16.5. The van der Waals surface area contributed by atoms with Gasteiger partial charge in [0.25, 0.3) is 0 Å². The predicted octanol–water partition coefficient (Wildman–Crippen LogP) is 4.76. The van der Waals surface area contributed by atoms with E-state index in [2.05, 4.69) is 41.7 Å². The third kappa shape index (κ3) is 4.97. The quantitative estimate of drug-likeness (QED) is 0.597. The minimum absolute atomic E-state index is 0.0000239. The lowest BCUT2D eigenvalue weighted by molar-refractivity contribution is -0.121. The molecule has 1 aromatic rings. The highest BCUT2D eigenvalue weighted by molar-refractivity contribution is 5.99. The molecule has 0 spiro atoms. The largest absolute Gasteiger partial charge is 0.273 e. The highest BCUT2D eigenvalue weighted by atomic mass is 16.2. The zero-order chi connectivity index (χ0) is 15.8. The van der Waals surface area contributed by atoms with Crippen LogP contribution in [0.5, 0.6) is 0 Å². The molecule has 1 aliphatic carbocycles. The van der Waals surface area contributed by atoms with Crippen molar-refractivity contribution in [3.05, 3.63) is 35.4 Å². The maximum atomic E-state index is 11.6. The van der Waals surface area contributed by atoms with Crippen molar-refractivity contribution >= 4 is 11.6 Å². The van der Waals surface area contributed by atoms with Crippen molar-refractivity contribution in [3.8, 4) is 0 Å². The Balaban J connectivity index is 1.92. The molecule has 3 nitrogen and oxygen atoms in total. The average Bonchev–Trinajstić information content (AvgIpc) is 2.58. The summed E-state index contributed by atoms with van der Waals surface area (Å²) < 4.78 is 0. The number of hydrogen-bond donors (Lipinski definition) is 1. The Bertz CT molecular complexity index is 499. The van der Waals surface area contributed by atoms with E-state index < -0.39 is 0 Å². The maximum absolute atomic E-state index is 11.6. The van der Waals surface area contributed by atoms with Gasteiger partial charge in [0.2, 0.25) is 5.91 Å². The number of carbonyl (C=O) groups excluding carboxylic acids is 1. The van der Waals surface area contributed by atoms with Gasteiger partial charge in [-0.05, 0) is 43.2 Å². The van der Waals surface area contributed by atoms with Gasteiger partial charge in [0.1, 0.15) is 0 Å². The Morgan fingerprint density at radius 3 is 2.50 bits per heavy atom. The van der Waals surface area contributed by atoms with Gasteiger partial charge in [-0.25, -0.2) is 5.43 Å². The van der Waals surface area contributed by atoms with Crippen LogP contribution < -0.4 is 5.43 Å². The predicted molar refractivity (Wildman–Crippen MR) is 92.1 cm³/mol. The lowest BCUT2D eigenvalue weighted by atomic mass is 9.84. The monoisotopic (exact) mass is 300 g/mol. The molecule has 0 aliphatic heterocycles. The molecule has 1 N–H and O–H groups in total. The van der Waals surface area contributed by atoms with Gasteiger partial charge < -0.3 is 0 Å². The maximum Gasteiger partial charge on any atom is 0.240 e. The highest BCUT2D eigenvalue weighted by Gasteiger charge is 2.15. The number of rotatable bonds is 6. The molecule has 1 aliphatic rings. The number of benzene rings is 1. The second kappa shape index (κ2) is 8.72. The van der Waals surface area contributed by atoms with E-state index in [4.69, 9.17) is 0 Å². The van der Waals surface area contributed by atoms with Crippen molar-refractivity contribution in [1.29, 1.82) is 0 Å². The average molecular weight is 300 g/mol. The second-order valence-electron chi connectivity index (χ2n) is 6.29. The number of hydrogen-bond acceptors (Lipinski definition) is 2. The van der Waals surface area contributed by atoms with Crippen LogP contribution in [0.15, 0.2) is 29.4 Å². The van der Waals surface area contributed by atoms with Gasteiger partial charge in [0.15, 0.2) is 0 Å². The summed E-state index contributed by atoms with van der Waals surface area (Å²) in [5.74, 6) is 0.730. The fourth-order valence-electron chi connectivity index (χ4n) is 3.04. The molecule has 0 atom stereocenters. The number of amides is 1. The minimum atomic E-state index is 0.0000239. The van der Waals surface area contributed by atoms with Crippen LogP contribution in [0.25, 0.3) is 0 Å². The summed E-state index contributed by atoms with van der Waals surface area (Å²) in [6, 6.07) is 8.70. The smallest absolute Gasteiger partial charge is 0.240 e. The van der Waals surface area contributed by atoms with Crippen LogP contribution in [-0.4, -0.2) is 11.6 Å². The molecule has 0 saturated heterocycles. The number of nitrogens with one attached hydrogen (secondary N) is 1. The summed E-state index contributed by atoms with van der Waals surface area (Å²) in [5, 5.41) is 4.21. The molecule has 1 fully saturated rings. The Morgan fingerprint density at radius 2 is 1.86 bits per heavy atom. The summed E-state index contributed by atoms with van der Waals surface area (Å²) in [6.45, 7) is 4.02. The van der Waals surface area contributed by atoms with E-state index in [9.17, 15) is 4.79 Å². The molecule has 1 amide bonds. The minimum Gasteiger partial charge on any atom is -0.273 e. The Morgan fingerprint density at radius 1 is 1.18 bits per heavy atom. The Labute approximate surface area is 134 Å². The fourth-order valence-corrected chi connectivity index (χ4v) is 3.04. The molecule has 0 unspecified atom stereocenters. The summed E-state index contributed by atoms with van der Waals surface area (Å²) in [6.07, 6.45) is 9.23. The van der Waals surface area contributed by atoms with E-state index >= 15 is 0 Å². The number of unbranched alkanes of at least 4 members (excludes halogenated alkanes) is 1. The van der Waals surface area contributed by atoms with E-state index in [0.29, 0.717) is 6.42 Å². The molecule has 120 valence electrons. The van der Waals surface area contributed by atoms with Crippen LogP contribution in [-0.2, 0) is 4.79 Å². The third-order valence-corrected chi connectivity index (χ3v) is 4.51. The van der Waals surface area contributed by atoms with Crippen LogP contribution >= 0.6 is 0 Å². The molecule has 0 bridgehead atoms. The van der Waals surface area contributed by atoms with Crippen molar-refractivity contribution in [1.82, 2.24) is 5.43 Å². The molecule has 1 aromatic carbocycles. The van der Waals surface area contributed by atoms with E-state index in [1.807, 2.05) is 6.92 Å². The molecule has 2 rings (SSSR count). The summed E-state index contributed by atoms with van der Waals surface area (Å²) >= 11 is 0. The number of nitrogens with zero attached hydrogens (tertiary/aromatic N) is 1. The fraction of sp³-hybridized carbons (Fsp3) is 0.579. The molecule has 3 heteroatoms. The topological polar surface area (TPSA) is 41.5 Å². The third-order valence-electron chi connectivity index (χ3n) is 4.51. The van der Waals surface area contributed by atoms with E-state index in [-0.39, 0.29) is 5.91 Å². The number of hydrazone groups is 1. The SMILES string of the molecule is CCCCC(=O)N/N=C(\C)c1ccc(C2CCCCC2)cc1. The first-order valence-corrected chi connectivity index (χ1v) is 8.64. The molecule has 0 aromatic heterocycles. The summed E-state index contributed by atoms with van der Waals surface area (Å²) in [4.78, 5) is 11.6. The highest BCUT2D eigenvalue weighted by Crippen LogP contribution is 2.32. The van der Waals surface area contributed by atoms with Gasteiger partial charge in [-0.15, -0.1) is 0 Å². The van der Waals surface area contributed by atoms with E-state index in [0.717, 1.165) is 30.0 Å². The molecule has 0 heterocycles. The summed E-state index contributed by atoms with van der Waals surface area (Å²) in [7, 11) is 0. The first-order valence-electron chi connectivity index (χ1n) is 8.64. The van der Waals surface area contributed by atoms with Crippen LogP contribution in [0.4, 0.5) is 0 Å². The lowest BCUT2D eigenvalue weighted by Gasteiger charge is -2.22. The zero-order valence-corrected chi connectivity index (χ0v) is 13.9. The summed E-state index contributed by atoms with van der Waals surface area (Å²) in [5.41, 5.74) is 6.03. The Kier molecular flexibility index (Phi) is 6.63. The zero-order valence-electron chi connectivity index (χ0n) is 13.9. The van der Waals surface area contributed by atoms with E-state index in [1.54, 1.807) is 0 Å². The van der Waals surface area contributed by atoms with Crippen LogP contribution in [0.1, 0.15) is 82.3 Å².